The Morgan fingerprint density at radius 1 is 1.53 bits per heavy atom. The Morgan fingerprint density at radius 3 is 2.76 bits per heavy atom. The lowest BCUT2D eigenvalue weighted by Crippen LogP contribution is -2.17. The second kappa shape index (κ2) is 6.96. The highest BCUT2D eigenvalue weighted by atomic mass is 79.9. The van der Waals surface area contributed by atoms with E-state index in [1.807, 2.05) is 0 Å². The highest BCUT2D eigenvalue weighted by molar-refractivity contribution is 9.10. The summed E-state index contributed by atoms with van der Waals surface area (Å²) in [7, 11) is 0. The van der Waals surface area contributed by atoms with E-state index in [-0.39, 0.29) is 13.2 Å². The molecule has 0 saturated heterocycles. The Kier molecular flexibility index (Phi) is 5.91. The standard InChI is InChI=1S/C11H12BrClO4/c12-7-2-3-8(9(13)6-7)10(11(15)16)17-5-1-4-14/h2-3,6,10,14H,1,4-5H2,(H,15,16). The number of aliphatic hydroxyl groups is 1. The Hall–Kier alpha value is -0.620. The molecule has 0 aliphatic rings. The molecule has 0 bridgehead atoms. The van der Waals surface area contributed by atoms with Crippen LogP contribution in [0.25, 0.3) is 0 Å². The maximum absolute atomic E-state index is 11.1. The summed E-state index contributed by atoms with van der Waals surface area (Å²) in [6, 6.07) is 4.92. The van der Waals surface area contributed by atoms with Crippen molar-refractivity contribution in [3.8, 4) is 0 Å². The van der Waals surface area contributed by atoms with Crippen LogP contribution in [0.1, 0.15) is 18.1 Å². The van der Waals surface area contributed by atoms with Gasteiger partial charge in [0.2, 0.25) is 0 Å². The molecule has 0 aliphatic carbocycles. The number of aliphatic hydroxyl groups excluding tert-OH is 1. The van der Waals surface area contributed by atoms with Gasteiger partial charge in [0, 0.05) is 21.7 Å². The molecule has 1 unspecified atom stereocenters. The van der Waals surface area contributed by atoms with Crippen molar-refractivity contribution in [1.29, 1.82) is 0 Å². The van der Waals surface area contributed by atoms with Crippen molar-refractivity contribution in [2.75, 3.05) is 13.2 Å². The van der Waals surface area contributed by atoms with Crippen molar-refractivity contribution in [2.45, 2.75) is 12.5 Å². The number of ether oxygens (including phenoxy) is 1. The molecule has 0 spiro atoms. The van der Waals surface area contributed by atoms with E-state index in [9.17, 15) is 4.79 Å². The van der Waals surface area contributed by atoms with Gasteiger partial charge in [-0.15, -0.1) is 0 Å². The maximum atomic E-state index is 11.1. The lowest BCUT2D eigenvalue weighted by Gasteiger charge is -2.15. The molecular weight excluding hydrogens is 311 g/mol. The highest BCUT2D eigenvalue weighted by Crippen LogP contribution is 2.28. The fraction of sp³-hybridized carbons (Fsp3) is 0.364. The molecule has 17 heavy (non-hydrogen) atoms. The molecule has 6 heteroatoms. The molecule has 0 radical (unpaired) electrons. The summed E-state index contributed by atoms with van der Waals surface area (Å²) in [5.74, 6) is -1.10. The van der Waals surface area contributed by atoms with Gasteiger partial charge in [0.05, 0.1) is 6.61 Å². The van der Waals surface area contributed by atoms with E-state index >= 15 is 0 Å². The number of carboxylic acids is 1. The van der Waals surface area contributed by atoms with Crippen molar-refractivity contribution in [3.05, 3.63) is 33.3 Å². The molecule has 94 valence electrons. The molecule has 0 aliphatic heterocycles. The predicted molar refractivity (Wildman–Crippen MR) is 67.2 cm³/mol. The smallest absolute Gasteiger partial charge is 0.337 e. The fourth-order valence-electron chi connectivity index (χ4n) is 1.27. The van der Waals surface area contributed by atoms with Crippen LogP contribution in [0.15, 0.2) is 22.7 Å². The Morgan fingerprint density at radius 2 is 2.24 bits per heavy atom. The molecule has 0 saturated carbocycles. The number of halogens is 2. The van der Waals surface area contributed by atoms with Gasteiger partial charge in [-0.05, 0) is 18.6 Å². The van der Waals surface area contributed by atoms with Gasteiger partial charge in [0.25, 0.3) is 0 Å². The first-order valence-electron chi connectivity index (χ1n) is 4.96. The van der Waals surface area contributed by atoms with Gasteiger partial charge in [-0.1, -0.05) is 33.6 Å². The largest absolute Gasteiger partial charge is 0.479 e. The third-order valence-electron chi connectivity index (χ3n) is 2.06. The molecule has 1 rings (SSSR count). The molecule has 1 aromatic carbocycles. The first-order chi connectivity index (χ1) is 8.06. The van der Waals surface area contributed by atoms with Crippen LogP contribution in [0.5, 0.6) is 0 Å². The normalized spacial score (nSPS) is 12.4. The molecule has 1 atom stereocenters. The fourth-order valence-corrected chi connectivity index (χ4v) is 2.05. The summed E-state index contributed by atoms with van der Waals surface area (Å²) in [6.45, 7) is 0.125. The minimum atomic E-state index is -1.11. The zero-order valence-electron chi connectivity index (χ0n) is 8.90. The first-order valence-corrected chi connectivity index (χ1v) is 6.13. The summed E-state index contributed by atoms with van der Waals surface area (Å²) in [5, 5.41) is 18.0. The summed E-state index contributed by atoms with van der Waals surface area (Å²) in [4.78, 5) is 11.1. The lowest BCUT2D eigenvalue weighted by atomic mass is 10.1. The second-order valence-electron chi connectivity index (χ2n) is 3.33. The molecule has 0 aromatic heterocycles. The Labute approximate surface area is 112 Å². The number of carbonyl (C=O) groups is 1. The maximum Gasteiger partial charge on any atom is 0.337 e. The van der Waals surface area contributed by atoms with Gasteiger partial charge >= 0.3 is 5.97 Å². The van der Waals surface area contributed by atoms with Crippen molar-refractivity contribution >= 4 is 33.5 Å². The summed E-state index contributed by atoms with van der Waals surface area (Å²) < 4.78 is 5.96. The van der Waals surface area contributed by atoms with E-state index in [0.29, 0.717) is 17.0 Å². The Balaban J connectivity index is 2.86. The number of benzene rings is 1. The van der Waals surface area contributed by atoms with Crippen molar-refractivity contribution < 1.29 is 19.7 Å². The number of carboxylic acid groups (broad SMARTS) is 1. The minimum absolute atomic E-state index is 0.0413. The van der Waals surface area contributed by atoms with E-state index in [4.69, 9.17) is 26.6 Å². The monoisotopic (exact) mass is 322 g/mol. The van der Waals surface area contributed by atoms with Crippen LogP contribution < -0.4 is 0 Å². The molecule has 2 N–H and O–H groups in total. The number of hydrogen-bond donors (Lipinski definition) is 2. The number of rotatable bonds is 6. The van der Waals surface area contributed by atoms with Crippen molar-refractivity contribution in [3.63, 3.8) is 0 Å². The van der Waals surface area contributed by atoms with E-state index in [0.717, 1.165) is 4.47 Å². The van der Waals surface area contributed by atoms with Crippen molar-refractivity contribution in [1.82, 2.24) is 0 Å². The van der Waals surface area contributed by atoms with Gasteiger partial charge in [-0.25, -0.2) is 4.79 Å². The van der Waals surface area contributed by atoms with Gasteiger partial charge in [-0.3, -0.25) is 0 Å². The van der Waals surface area contributed by atoms with E-state index in [1.54, 1.807) is 18.2 Å². The molecule has 1 aromatic rings. The van der Waals surface area contributed by atoms with Crippen LogP contribution in [0.2, 0.25) is 5.02 Å². The van der Waals surface area contributed by atoms with Gasteiger partial charge < -0.3 is 14.9 Å². The van der Waals surface area contributed by atoms with Crippen LogP contribution in [0.3, 0.4) is 0 Å². The summed E-state index contributed by atoms with van der Waals surface area (Å²) in [6.07, 6.45) is -0.722. The zero-order valence-corrected chi connectivity index (χ0v) is 11.2. The van der Waals surface area contributed by atoms with Crippen LogP contribution in [0, 0.1) is 0 Å². The third-order valence-corrected chi connectivity index (χ3v) is 2.88. The second-order valence-corrected chi connectivity index (χ2v) is 4.65. The average Bonchev–Trinajstić information content (AvgIpc) is 2.25. The van der Waals surface area contributed by atoms with Gasteiger partial charge in [-0.2, -0.15) is 0 Å². The topological polar surface area (TPSA) is 66.8 Å². The van der Waals surface area contributed by atoms with Crippen LogP contribution in [-0.2, 0) is 9.53 Å². The van der Waals surface area contributed by atoms with Gasteiger partial charge in [0.1, 0.15) is 0 Å². The van der Waals surface area contributed by atoms with Gasteiger partial charge in [0.15, 0.2) is 6.10 Å². The molecule has 0 fully saturated rings. The van der Waals surface area contributed by atoms with E-state index < -0.39 is 12.1 Å². The van der Waals surface area contributed by atoms with Crippen molar-refractivity contribution in [2.24, 2.45) is 0 Å². The quantitative estimate of drug-likeness (QED) is 0.790. The molecule has 0 amide bonds. The van der Waals surface area contributed by atoms with Crippen LogP contribution in [0.4, 0.5) is 0 Å². The lowest BCUT2D eigenvalue weighted by molar-refractivity contribution is -0.151. The average molecular weight is 324 g/mol. The zero-order chi connectivity index (χ0) is 12.8. The van der Waals surface area contributed by atoms with Crippen LogP contribution in [-0.4, -0.2) is 29.4 Å². The number of hydrogen-bond acceptors (Lipinski definition) is 3. The molecule has 0 heterocycles. The molecular formula is C11H12BrClO4. The molecule has 4 nitrogen and oxygen atoms in total. The summed E-state index contributed by atoms with van der Waals surface area (Å²) in [5.41, 5.74) is 0.403. The predicted octanol–water partition coefficient (Wildman–Crippen LogP) is 2.63. The van der Waals surface area contributed by atoms with E-state index in [1.165, 1.54) is 0 Å². The van der Waals surface area contributed by atoms with Crippen LogP contribution >= 0.6 is 27.5 Å². The summed E-state index contributed by atoms with van der Waals surface area (Å²) >= 11 is 9.20. The number of aliphatic carboxylic acids is 1. The van der Waals surface area contributed by atoms with E-state index in [2.05, 4.69) is 15.9 Å². The highest BCUT2D eigenvalue weighted by Gasteiger charge is 2.22. The minimum Gasteiger partial charge on any atom is -0.479 e. The third kappa shape index (κ3) is 4.27. The Bertz CT molecular complexity index is 397. The SMILES string of the molecule is O=C(O)C(OCCCO)c1ccc(Br)cc1Cl. The first kappa shape index (κ1) is 14.4.